The van der Waals surface area contributed by atoms with Crippen molar-refractivity contribution < 1.29 is 45.7 Å². The quantitative estimate of drug-likeness (QED) is 0.191. The van der Waals surface area contributed by atoms with Gasteiger partial charge in [0.25, 0.3) is 11.8 Å². The molecule has 3 atom stereocenters. The van der Waals surface area contributed by atoms with Gasteiger partial charge in [-0.3, -0.25) is 14.5 Å². The molecule has 8 heteroatoms. The number of fused-ring (bicyclic) bond motifs is 1. The Morgan fingerprint density at radius 3 is 2.45 bits per heavy atom. The Morgan fingerprint density at radius 1 is 1.02 bits per heavy atom. The van der Waals surface area contributed by atoms with Crippen molar-refractivity contribution in [3.05, 3.63) is 70.8 Å². The van der Waals surface area contributed by atoms with Gasteiger partial charge in [0, 0.05) is 36.9 Å². The predicted molar refractivity (Wildman–Crippen MR) is 148 cm³/mol. The van der Waals surface area contributed by atoms with Crippen molar-refractivity contribution in [2.24, 2.45) is 0 Å². The van der Waals surface area contributed by atoms with Crippen molar-refractivity contribution >= 4 is 18.0 Å². The summed E-state index contributed by atoms with van der Waals surface area (Å²) >= 11 is 0. The van der Waals surface area contributed by atoms with Gasteiger partial charge in [0.05, 0.1) is 29.8 Å². The molecule has 0 saturated heterocycles. The lowest BCUT2D eigenvalue weighted by atomic mass is 9.69. The molecule has 2 aromatic carbocycles. The highest BCUT2D eigenvalue weighted by Crippen LogP contribution is 2.54. The molecule has 6 rings (SSSR count). The van der Waals surface area contributed by atoms with Crippen LogP contribution in [0.5, 0.6) is 11.5 Å². The third kappa shape index (κ3) is 5.00. The minimum atomic E-state index is -0.472. The highest BCUT2D eigenvalue weighted by atomic mass is 79.9. The van der Waals surface area contributed by atoms with Crippen LogP contribution in [0.15, 0.2) is 48.6 Å². The predicted octanol–water partition coefficient (Wildman–Crippen LogP) is 1.49. The Bertz CT molecular complexity index is 1320. The first-order valence-electron chi connectivity index (χ1n) is 14.3. The van der Waals surface area contributed by atoms with E-state index in [2.05, 4.69) is 22.9 Å². The fraction of sp³-hybridized carbons (Fsp3) is 0.469. The fourth-order valence-electron chi connectivity index (χ4n) is 6.75. The van der Waals surface area contributed by atoms with Crippen LogP contribution in [0.1, 0.15) is 83.2 Å². The molecule has 4 aliphatic rings. The maximum Gasteiger partial charge on any atom is 0.261 e. The van der Waals surface area contributed by atoms with Gasteiger partial charge in [0.1, 0.15) is 19.2 Å². The molecule has 1 N–H and O–H groups in total. The van der Waals surface area contributed by atoms with Gasteiger partial charge in [-0.1, -0.05) is 43.5 Å². The van der Waals surface area contributed by atoms with Gasteiger partial charge < -0.3 is 31.6 Å². The first kappa shape index (κ1) is 28.6. The van der Waals surface area contributed by atoms with Gasteiger partial charge in [-0.2, -0.15) is 0 Å². The maximum atomic E-state index is 12.5. The third-order valence-corrected chi connectivity index (χ3v) is 8.83. The lowest BCUT2D eigenvalue weighted by Gasteiger charge is -2.34. The minimum Gasteiger partial charge on any atom is -1.00 e. The Balaban J connectivity index is 0.00000323. The van der Waals surface area contributed by atoms with E-state index in [1.54, 1.807) is 31.4 Å². The molecule has 3 heterocycles. The molecule has 2 aromatic rings. The van der Waals surface area contributed by atoms with Crippen LogP contribution in [-0.2, 0) is 5.41 Å². The van der Waals surface area contributed by atoms with Crippen molar-refractivity contribution in [2.75, 3.05) is 26.7 Å². The van der Waals surface area contributed by atoms with E-state index in [1.807, 2.05) is 12.1 Å². The van der Waals surface area contributed by atoms with E-state index >= 15 is 0 Å². The number of rotatable bonds is 10. The van der Waals surface area contributed by atoms with Crippen LogP contribution in [0.2, 0.25) is 0 Å². The molecule has 3 aliphatic heterocycles. The van der Waals surface area contributed by atoms with E-state index in [-0.39, 0.29) is 40.3 Å². The molecule has 1 aliphatic carbocycles. The number of nitrogens with zero attached hydrogens (tertiary/aromatic N) is 2. The zero-order valence-corrected chi connectivity index (χ0v) is 24.6. The van der Waals surface area contributed by atoms with Crippen molar-refractivity contribution in [2.45, 2.75) is 69.0 Å². The summed E-state index contributed by atoms with van der Waals surface area (Å²) < 4.78 is 14.5. The Morgan fingerprint density at radius 2 is 1.73 bits per heavy atom. The molecular weight excluding hydrogens is 572 g/mol. The number of hydrogen-bond donors (Lipinski definition) is 1. The molecule has 0 saturated carbocycles. The normalized spacial score (nSPS) is 23.9. The Hall–Kier alpha value is -2.97. The molecule has 0 bridgehead atoms. The summed E-state index contributed by atoms with van der Waals surface area (Å²) in [7, 11) is 1.68. The SMILES string of the molecule is COc1ccc2c3c1O[C@H]1C[C@@H](O)C=C[C@@]31CC[N+](CCCCCCCCN1C(=O)c3ccccc3C1=O)=C2.[Br-]. The summed E-state index contributed by atoms with van der Waals surface area (Å²) in [5.74, 6) is 1.28. The Kier molecular flexibility index (Phi) is 8.47. The lowest BCUT2D eigenvalue weighted by molar-refractivity contribution is -0.524. The number of aliphatic hydroxyl groups is 1. The Labute approximate surface area is 246 Å². The van der Waals surface area contributed by atoms with E-state index in [9.17, 15) is 14.7 Å². The summed E-state index contributed by atoms with van der Waals surface area (Å²) in [6.07, 6.45) is 13.8. The second-order valence-electron chi connectivity index (χ2n) is 11.2. The minimum absolute atomic E-state index is 0. The van der Waals surface area contributed by atoms with Crippen LogP contribution >= 0.6 is 0 Å². The largest absolute Gasteiger partial charge is 1.00 e. The molecule has 2 amide bonds. The number of imide groups is 1. The monoisotopic (exact) mass is 608 g/mol. The van der Waals surface area contributed by atoms with Gasteiger partial charge in [0.15, 0.2) is 17.7 Å². The number of methoxy groups -OCH3 is 1. The number of unbranched alkanes of at least 4 members (excludes halogenated alkanes) is 5. The number of amides is 2. The molecule has 212 valence electrons. The van der Waals surface area contributed by atoms with E-state index in [0.717, 1.165) is 69.5 Å². The van der Waals surface area contributed by atoms with Gasteiger partial charge in [-0.25, -0.2) is 4.58 Å². The number of ether oxygens (including phenoxy) is 2. The number of aliphatic hydroxyl groups excluding tert-OH is 1. The van der Waals surface area contributed by atoms with E-state index in [1.165, 1.54) is 16.0 Å². The fourth-order valence-corrected chi connectivity index (χ4v) is 6.75. The van der Waals surface area contributed by atoms with Crippen LogP contribution < -0.4 is 26.5 Å². The van der Waals surface area contributed by atoms with E-state index in [0.29, 0.717) is 24.1 Å². The average molecular weight is 610 g/mol. The first-order valence-corrected chi connectivity index (χ1v) is 14.3. The van der Waals surface area contributed by atoms with Crippen molar-refractivity contribution in [1.82, 2.24) is 4.90 Å². The number of halogens is 1. The van der Waals surface area contributed by atoms with Crippen molar-refractivity contribution in [1.29, 1.82) is 0 Å². The summed E-state index contributed by atoms with van der Waals surface area (Å²) in [4.78, 5) is 26.4. The standard InChI is InChI=1S/C32H37N2O5.BrH/c1-38-26-13-12-22-21-33(19-16-32-15-14-23(35)20-27(32)39-29(26)28(22)32)17-8-4-2-3-5-9-18-34-30(36)24-10-6-7-11-25(24)31(34)37;/h6-7,10-15,21,23,27,35H,2-5,8-9,16-20H2,1H3;1H/q+1;/p-1/t23-,27-,32-;/m0./s1. The maximum absolute atomic E-state index is 12.5. The van der Waals surface area contributed by atoms with Gasteiger partial charge in [-0.15, -0.1) is 0 Å². The highest BCUT2D eigenvalue weighted by Gasteiger charge is 2.53. The van der Waals surface area contributed by atoms with Crippen molar-refractivity contribution in [3.8, 4) is 11.5 Å². The summed E-state index contributed by atoms with van der Waals surface area (Å²) in [5.41, 5.74) is 3.23. The number of carbonyl (C=O) groups is 2. The zero-order valence-electron chi connectivity index (χ0n) is 23.0. The lowest BCUT2D eigenvalue weighted by Crippen LogP contribution is -3.00. The average Bonchev–Trinajstić information content (AvgIpc) is 3.33. The van der Waals surface area contributed by atoms with Crippen molar-refractivity contribution in [3.63, 3.8) is 0 Å². The van der Waals surface area contributed by atoms with Crippen LogP contribution in [0, 0.1) is 0 Å². The molecule has 7 nitrogen and oxygen atoms in total. The van der Waals surface area contributed by atoms with Crippen LogP contribution in [0.4, 0.5) is 0 Å². The highest BCUT2D eigenvalue weighted by molar-refractivity contribution is 6.21. The smallest absolute Gasteiger partial charge is 0.261 e. The number of hydrogen-bond acceptors (Lipinski definition) is 5. The molecule has 0 unspecified atom stereocenters. The first-order chi connectivity index (χ1) is 19.0. The van der Waals surface area contributed by atoms with Gasteiger partial charge >= 0.3 is 0 Å². The van der Waals surface area contributed by atoms with E-state index in [4.69, 9.17) is 9.47 Å². The van der Waals surface area contributed by atoms with E-state index < -0.39 is 6.10 Å². The molecule has 40 heavy (non-hydrogen) atoms. The summed E-state index contributed by atoms with van der Waals surface area (Å²) in [5, 5.41) is 10.3. The summed E-state index contributed by atoms with van der Waals surface area (Å²) in [6, 6.07) is 11.2. The molecule has 1 spiro atoms. The second kappa shape index (κ2) is 11.9. The molecule has 0 radical (unpaired) electrons. The van der Waals surface area contributed by atoms with Crippen LogP contribution in [0.3, 0.4) is 0 Å². The number of carbonyl (C=O) groups excluding carboxylic acids is 2. The van der Waals surface area contributed by atoms with Gasteiger partial charge in [0.2, 0.25) is 0 Å². The second-order valence-corrected chi connectivity index (χ2v) is 11.2. The number of benzene rings is 2. The summed E-state index contributed by atoms with van der Waals surface area (Å²) in [6.45, 7) is 2.44. The molecule has 0 fully saturated rings. The molecule has 0 aromatic heterocycles. The van der Waals surface area contributed by atoms with Gasteiger partial charge in [-0.05, 0) is 37.1 Å². The molecular formula is C32H37BrN2O5. The topological polar surface area (TPSA) is 79.1 Å². The van der Waals surface area contributed by atoms with Crippen LogP contribution in [0.25, 0.3) is 0 Å². The third-order valence-electron chi connectivity index (χ3n) is 8.83. The van der Waals surface area contributed by atoms with Crippen LogP contribution in [-0.4, -0.2) is 71.6 Å². The zero-order chi connectivity index (χ0) is 27.0.